The lowest BCUT2D eigenvalue weighted by Crippen LogP contribution is -2.21. The van der Waals surface area contributed by atoms with Crippen molar-refractivity contribution < 1.29 is 35.8 Å². The van der Waals surface area contributed by atoms with Gasteiger partial charge >= 0.3 is 12.7 Å². The normalized spacial score (nSPS) is 12.1. The fourth-order valence-electron chi connectivity index (χ4n) is 2.80. The first-order valence-corrected chi connectivity index (χ1v) is 9.77. The van der Waals surface area contributed by atoms with Crippen molar-refractivity contribution in [2.75, 3.05) is 0 Å². The molecular formula is C21H15F6O2S+. The van der Waals surface area contributed by atoms with E-state index in [1.807, 2.05) is 0 Å². The SMILES string of the molecule is Cc1ccccc1[S+](c1ccccc1OC(F)(F)F)c1ccccc1OC(F)(F)F. The predicted molar refractivity (Wildman–Crippen MR) is 99.6 cm³/mol. The second-order valence-corrected chi connectivity index (χ2v) is 7.99. The number of halogens is 6. The minimum Gasteiger partial charge on any atom is -0.400 e. The fourth-order valence-corrected chi connectivity index (χ4v) is 5.16. The Labute approximate surface area is 171 Å². The van der Waals surface area contributed by atoms with Gasteiger partial charge in [0.15, 0.2) is 16.4 Å². The topological polar surface area (TPSA) is 18.5 Å². The molecule has 0 aliphatic carbocycles. The second-order valence-electron chi connectivity index (χ2n) is 6.06. The smallest absolute Gasteiger partial charge is 0.400 e. The van der Waals surface area contributed by atoms with Crippen LogP contribution in [-0.4, -0.2) is 12.7 Å². The highest BCUT2D eigenvalue weighted by molar-refractivity contribution is 7.97. The van der Waals surface area contributed by atoms with Gasteiger partial charge in [-0.15, -0.1) is 26.3 Å². The lowest BCUT2D eigenvalue weighted by Gasteiger charge is -2.17. The number of ether oxygens (including phenoxy) is 2. The van der Waals surface area contributed by atoms with E-state index in [4.69, 9.17) is 0 Å². The Morgan fingerprint density at radius 3 is 1.33 bits per heavy atom. The van der Waals surface area contributed by atoms with E-state index < -0.39 is 35.1 Å². The Kier molecular flexibility index (Phi) is 6.21. The van der Waals surface area contributed by atoms with Gasteiger partial charge in [-0.25, -0.2) is 0 Å². The Bertz CT molecular complexity index is 957. The summed E-state index contributed by atoms with van der Waals surface area (Å²) in [4.78, 5) is 0.721. The monoisotopic (exact) mass is 445 g/mol. The van der Waals surface area contributed by atoms with Crippen molar-refractivity contribution in [2.45, 2.75) is 34.3 Å². The summed E-state index contributed by atoms with van der Waals surface area (Å²) in [5.74, 6) is -0.975. The van der Waals surface area contributed by atoms with Crippen LogP contribution in [-0.2, 0) is 10.9 Å². The van der Waals surface area contributed by atoms with Gasteiger partial charge in [0, 0.05) is 5.56 Å². The van der Waals surface area contributed by atoms with E-state index in [1.54, 1.807) is 31.2 Å². The van der Waals surface area contributed by atoms with Crippen molar-refractivity contribution in [2.24, 2.45) is 0 Å². The zero-order chi connectivity index (χ0) is 21.9. The van der Waals surface area contributed by atoms with Crippen LogP contribution in [0.3, 0.4) is 0 Å². The van der Waals surface area contributed by atoms with Crippen LogP contribution >= 0.6 is 0 Å². The van der Waals surface area contributed by atoms with Gasteiger partial charge in [-0.1, -0.05) is 42.5 Å². The average Bonchev–Trinajstić information content (AvgIpc) is 2.63. The molecule has 0 bridgehead atoms. The van der Waals surface area contributed by atoms with Gasteiger partial charge in [0.2, 0.25) is 9.79 Å². The molecule has 3 aromatic carbocycles. The highest BCUT2D eigenvalue weighted by Crippen LogP contribution is 2.43. The molecular weight excluding hydrogens is 430 g/mol. The first-order chi connectivity index (χ1) is 14.1. The number of aryl methyl sites for hydroxylation is 1. The first-order valence-electron chi connectivity index (χ1n) is 8.54. The number of hydrogen-bond donors (Lipinski definition) is 0. The zero-order valence-corrected chi connectivity index (χ0v) is 16.2. The molecule has 3 aromatic rings. The van der Waals surface area contributed by atoms with Crippen LogP contribution in [0.15, 0.2) is 87.5 Å². The molecule has 0 saturated carbocycles. The molecule has 0 aliphatic heterocycles. The molecule has 9 heteroatoms. The highest BCUT2D eigenvalue weighted by Gasteiger charge is 2.42. The number of hydrogen-bond acceptors (Lipinski definition) is 2. The zero-order valence-electron chi connectivity index (χ0n) is 15.4. The van der Waals surface area contributed by atoms with Crippen LogP contribution in [0, 0.1) is 6.92 Å². The molecule has 0 amide bonds. The molecule has 158 valence electrons. The van der Waals surface area contributed by atoms with Crippen molar-refractivity contribution >= 4 is 10.9 Å². The summed E-state index contributed by atoms with van der Waals surface area (Å²) in [7, 11) is -1.37. The molecule has 0 N–H and O–H groups in total. The number of para-hydroxylation sites is 2. The molecule has 0 aromatic heterocycles. The molecule has 0 heterocycles. The Morgan fingerprint density at radius 1 is 0.567 bits per heavy atom. The first kappa shape index (κ1) is 21.9. The minimum atomic E-state index is -4.96. The summed E-state index contributed by atoms with van der Waals surface area (Å²) in [5.41, 5.74) is 0.699. The van der Waals surface area contributed by atoms with Gasteiger partial charge in [0.25, 0.3) is 0 Å². The van der Waals surface area contributed by atoms with Gasteiger partial charge in [-0.05, 0) is 37.3 Å². The van der Waals surface area contributed by atoms with E-state index in [-0.39, 0.29) is 9.79 Å². The van der Waals surface area contributed by atoms with E-state index in [0.29, 0.717) is 10.5 Å². The van der Waals surface area contributed by atoms with Gasteiger partial charge in [-0.2, -0.15) is 0 Å². The molecule has 0 saturated heterocycles. The molecule has 0 fully saturated rings. The van der Waals surface area contributed by atoms with Crippen LogP contribution in [0.25, 0.3) is 0 Å². The molecule has 0 spiro atoms. The third-order valence-corrected chi connectivity index (χ3v) is 6.36. The lowest BCUT2D eigenvalue weighted by atomic mass is 10.2. The molecule has 0 radical (unpaired) electrons. The third-order valence-electron chi connectivity index (χ3n) is 3.90. The van der Waals surface area contributed by atoms with Crippen molar-refractivity contribution in [1.82, 2.24) is 0 Å². The van der Waals surface area contributed by atoms with Crippen LogP contribution in [0.2, 0.25) is 0 Å². The lowest BCUT2D eigenvalue weighted by molar-refractivity contribution is -0.276. The summed E-state index contributed by atoms with van der Waals surface area (Å²) in [6.45, 7) is 1.73. The van der Waals surface area contributed by atoms with E-state index in [9.17, 15) is 26.3 Å². The summed E-state index contributed by atoms with van der Waals surface area (Å²) in [6, 6.07) is 17.6. The maximum Gasteiger partial charge on any atom is 0.573 e. The van der Waals surface area contributed by atoms with Gasteiger partial charge in [0.05, 0.1) is 0 Å². The van der Waals surface area contributed by atoms with Crippen molar-refractivity contribution in [3.63, 3.8) is 0 Å². The van der Waals surface area contributed by atoms with E-state index in [0.717, 1.165) is 12.1 Å². The number of rotatable bonds is 5. The van der Waals surface area contributed by atoms with Crippen molar-refractivity contribution in [3.8, 4) is 11.5 Å². The molecule has 2 nitrogen and oxygen atoms in total. The van der Waals surface area contributed by atoms with Crippen molar-refractivity contribution in [1.29, 1.82) is 0 Å². The Hall–Kier alpha value is -2.81. The average molecular weight is 445 g/mol. The van der Waals surface area contributed by atoms with Crippen LogP contribution < -0.4 is 9.47 Å². The molecule has 0 aliphatic rings. The van der Waals surface area contributed by atoms with E-state index in [2.05, 4.69) is 9.47 Å². The van der Waals surface area contributed by atoms with Crippen LogP contribution in [0.1, 0.15) is 5.56 Å². The van der Waals surface area contributed by atoms with E-state index >= 15 is 0 Å². The minimum absolute atomic E-state index is 0.0855. The van der Waals surface area contributed by atoms with Gasteiger partial charge in [-0.3, -0.25) is 0 Å². The quantitative estimate of drug-likeness (QED) is 0.315. The Balaban J connectivity index is 2.25. The molecule has 30 heavy (non-hydrogen) atoms. The standard InChI is InChI=1S/C21H15F6O2S/c1-14-8-2-5-11-17(14)30(18-12-6-3-9-15(18)28-20(22,23)24)19-13-7-4-10-16(19)29-21(25,26)27/h2-13H,1H3/q+1. The number of alkyl halides is 6. The number of benzene rings is 3. The second kappa shape index (κ2) is 8.51. The maximum absolute atomic E-state index is 13.0. The molecule has 0 atom stereocenters. The van der Waals surface area contributed by atoms with Gasteiger partial charge < -0.3 is 9.47 Å². The van der Waals surface area contributed by atoms with Crippen LogP contribution in [0.5, 0.6) is 11.5 Å². The largest absolute Gasteiger partial charge is 0.573 e. The maximum atomic E-state index is 13.0. The Morgan fingerprint density at radius 2 is 0.933 bits per heavy atom. The summed E-state index contributed by atoms with van der Waals surface area (Å²) >= 11 is 0. The summed E-state index contributed by atoms with van der Waals surface area (Å²) < 4.78 is 86.2. The van der Waals surface area contributed by atoms with Gasteiger partial charge in [0.1, 0.15) is 10.9 Å². The predicted octanol–water partition coefficient (Wildman–Crippen LogP) is 6.89. The van der Waals surface area contributed by atoms with Crippen molar-refractivity contribution in [3.05, 3.63) is 78.4 Å². The molecule has 0 unspecified atom stereocenters. The fraction of sp³-hybridized carbons (Fsp3) is 0.143. The van der Waals surface area contributed by atoms with E-state index in [1.165, 1.54) is 36.4 Å². The highest BCUT2D eigenvalue weighted by atomic mass is 32.2. The summed E-state index contributed by atoms with van der Waals surface area (Å²) in [6.07, 6.45) is -9.92. The molecule has 3 rings (SSSR count). The summed E-state index contributed by atoms with van der Waals surface area (Å²) in [5, 5.41) is 0. The third kappa shape index (κ3) is 5.41. The van der Waals surface area contributed by atoms with Crippen LogP contribution in [0.4, 0.5) is 26.3 Å².